The number of aryl methyl sites for hydroxylation is 2. The minimum Gasteiger partial charge on any atom is -0.396 e. The molecular weight excluding hydrogens is 329 g/mol. The van der Waals surface area contributed by atoms with Gasteiger partial charge in [0.25, 0.3) is 0 Å². The number of halogens is 3. The molecule has 11 heteroatoms. The number of nitrogens with one attached hydrogen (secondary N) is 1. The summed E-state index contributed by atoms with van der Waals surface area (Å²) >= 11 is 0. The predicted octanol–water partition coefficient (Wildman–Crippen LogP) is 0.368. The average Bonchev–Trinajstić information content (AvgIpc) is 3.07. The van der Waals surface area contributed by atoms with Crippen LogP contribution >= 0.6 is 0 Å². The van der Waals surface area contributed by atoms with Crippen molar-refractivity contribution in [2.45, 2.75) is 25.6 Å². The number of hydrogen-bond acceptors (Lipinski definition) is 5. The number of amides is 1. The van der Waals surface area contributed by atoms with Crippen LogP contribution in [0.1, 0.15) is 17.9 Å². The van der Waals surface area contributed by atoms with Crippen LogP contribution in [0.25, 0.3) is 11.5 Å². The van der Waals surface area contributed by atoms with Crippen molar-refractivity contribution in [3.05, 3.63) is 17.6 Å². The van der Waals surface area contributed by atoms with Crippen molar-refractivity contribution in [3.8, 4) is 11.5 Å². The Balaban J connectivity index is 2.43. The summed E-state index contributed by atoms with van der Waals surface area (Å²) in [5.74, 6) is 0.0201. The molecule has 24 heavy (non-hydrogen) atoms. The molecular formula is C13H17F3N6O2. The molecule has 0 fully saturated rings. The number of likely N-dealkylation sites (N-methyl/N-ethyl adjacent to an activating group) is 1. The fourth-order valence-corrected chi connectivity index (χ4v) is 2.08. The summed E-state index contributed by atoms with van der Waals surface area (Å²) in [5, 5.41) is 19.0. The first-order valence-electron chi connectivity index (χ1n) is 7.13. The minimum absolute atomic E-state index is 0.0976. The molecule has 0 spiro atoms. The molecule has 2 aromatic heterocycles. The van der Waals surface area contributed by atoms with Crippen molar-refractivity contribution < 1.29 is 23.1 Å². The zero-order valence-corrected chi connectivity index (χ0v) is 13.1. The number of carbonyl (C=O) groups is 1. The van der Waals surface area contributed by atoms with Crippen LogP contribution in [0.2, 0.25) is 0 Å². The van der Waals surface area contributed by atoms with Gasteiger partial charge >= 0.3 is 6.18 Å². The summed E-state index contributed by atoms with van der Waals surface area (Å²) in [4.78, 5) is 15.6. The van der Waals surface area contributed by atoms with Crippen molar-refractivity contribution >= 4 is 5.91 Å². The summed E-state index contributed by atoms with van der Waals surface area (Å²) in [5.41, 5.74) is -0.916. The van der Waals surface area contributed by atoms with E-state index < -0.39 is 11.9 Å². The number of aliphatic hydroxyl groups is 1. The van der Waals surface area contributed by atoms with Gasteiger partial charge in [-0.2, -0.15) is 23.4 Å². The molecule has 0 aliphatic heterocycles. The van der Waals surface area contributed by atoms with Gasteiger partial charge < -0.3 is 10.4 Å². The minimum atomic E-state index is -4.57. The van der Waals surface area contributed by atoms with Crippen molar-refractivity contribution in [3.63, 3.8) is 0 Å². The zero-order chi connectivity index (χ0) is 17.9. The summed E-state index contributed by atoms with van der Waals surface area (Å²) < 4.78 is 40.9. The van der Waals surface area contributed by atoms with Gasteiger partial charge in [-0.05, 0) is 12.5 Å². The molecule has 2 aromatic rings. The molecule has 2 N–H and O–H groups in total. The van der Waals surface area contributed by atoms with E-state index in [4.69, 9.17) is 5.11 Å². The summed E-state index contributed by atoms with van der Waals surface area (Å²) in [6.07, 6.45) is -4.32. The second kappa shape index (κ2) is 6.99. The highest BCUT2D eigenvalue weighted by atomic mass is 19.4. The standard InChI is InChI=1S/C13H17F3N6O2/c1-17-11(24)7-10-18-12(22(20-10)4-3-5-23)8-6-9(13(14,15)16)19-21(8)2/h6,23H,3-5,7H2,1-2H3,(H,17,24). The maximum absolute atomic E-state index is 12.8. The molecule has 0 unspecified atom stereocenters. The molecule has 0 aliphatic carbocycles. The third-order valence-electron chi connectivity index (χ3n) is 3.24. The molecule has 0 aliphatic rings. The quantitative estimate of drug-likeness (QED) is 0.787. The topological polar surface area (TPSA) is 97.9 Å². The molecule has 0 aromatic carbocycles. The van der Waals surface area contributed by atoms with E-state index in [-0.39, 0.29) is 42.8 Å². The second-order valence-electron chi connectivity index (χ2n) is 5.04. The van der Waals surface area contributed by atoms with E-state index in [1.165, 1.54) is 18.8 Å². The lowest BCUT2D eigenvalue weighted by Crippen LogP contribution is -2.20. The molecule has 0 saturated heterocycles. The van der Waals surface area contributed by atoms with Gasteiger partial charge in [0.1, 0.15) is 5.69 Å². The normalized spacial score (nSPS) is 11.8. The molecule has 8 nitrogen and oxygen atoms in total. The summed E-state index contributed by atoms with van der Waals surface area (Å²) in [6.45, 7) is 0.141. The van der Waals surface area contributed by atoms with Gasteiger partial charge in [-0.25, -0.2) is 9.67 Å². The second-order valence-corrected chi connectivity index (χ2v) is 5.04. The van der Waals surface area contributed by atoms with Gasteiger partial charge in [0, 0.05) is 27.2 Å². The Morgan fingerprint density at radius 3 is 2.62 bits per heavy atom. The number of hydrogen-bond donors (Lipinski definition) is 2. The van der Waals surface area contributed by atoms with Gasteiger partial charge in [0.2, 0.25) is 5.91 Å². The van der Waals surface area contributed by atoms with Crippen LogP contribution in [0.4, 0.5) is 13.2 Å². The molecule has 1 amide bonds. The maximum atomic E-state index is 12.8. The number of alkyl halides is 3. The third kappa shape index (κ3) is 3.91. The van der Waals surface area contributed by atoms with Crippen molar-refractivity contribution in [2.24, 2.45) is 7.05 Å². The van der Waals surface area contributed by atoms with Gasteiger partial charge in [0.15, 0.2) is 17.3 Å². The molecule has 2 rings (SSSR count). The van der Waals surface area contributed by atoms with Gasteiger partial charge in [-0.1, -0.05) is 0 Å². The number of aliphatic hydroxyl groups excluding tert-OH is 1. The smallest absolute Gasteiger partial charge is 0.396 e. The Labute approximate surface area is 135 Å². The van der Waals surface area contributed by atoms with Gasteiger partial charge in [0.05, 0.1) is 6.42 Å². The highest BCUT2D eigenvalue weighted by molar-refractivity contribution is 5.77. The van der Waals surface area contributed by atoms with E-state index in [2.05, 4.69) is 20.5 Å². The Morgan fingerprint density at radius 1 is 1.38 bits per heavy atom. The first kappa shape index (κ1) is 17.9. The SMILES string of the molecule is CNC(=O)Cc1nc(-c2cc(C(F)(F)F)nn2C)n(CCCO)n1. The van der Waals surface area contributed by atoms with E-state index in [1.807, 2.05) is 0 Å². The third-order valence-corrected chi connectivity index (χ3v) is 3.24. The maximum Gasteiger partial charge on any atom is 0.435 e. The van der Waals surface area contributed by atoms with Crippen LogP contribution in [-0.2, 0) is 31.0 Å². The molecule has 0 saturated carbocycles. The van der Waals surface area contributed by atoms with Gasteiger partial charge in [-0.15, -0.1) is 0 Å². The van der Waals surface area contributed by atoms with Crippen LogP contribution in [0, 0.1) is 0 Å². The van der Waals surface area contributed by atoms with Crippen LogP contribution < -0.4 is 5.32 Å². The van der Waals surface area contributed by atoms with Crippen LogP contribution in [0.3, 0.4) is 0 Å². The van der Waals surface area contributed by atoms with E-state index in [9.17, 15) is 18.0 Å². The molecule has 0 bridgehead atoms. The summed E-state index contributed by atoms with van der Waals surface area (Å²) in [6, 6.07) is 0.878. The lowest BCUT2D eigenvalue weighted by Gasteiger charge is -2.04. The number of rotatable bonds is 6. The lowest BCUT2D eigenvalue weighted by molar-refractivity contribution is -0.141. The number of nitrogens with zero attached hydrogens (tertiary/aromatic N) is 5. The van der Waals surface area contributed by atoms with E-state index in [0.717, 1.165) is 10.7 Å². The summed E-state index contributed by atoms with van der Waals surface area (Å²) in [7, 11) is 2.83. The zero-order valence-electron chi connectivity index (χ0n) is 13.1. The van der Waals surface area contributed by atoms with E-state index in [1.54, 1.807) is 0 Å². The largest absolute Gasteiger partial charge is 0.435 e. The highest BCUT2D eigenvalue weighted by Gasteiger charge is 2.35. The highest BCUT2D eigenvalue weighted by Crippen LogP contribution is 2.31. The Kier molecular flexibility index (Phi) is 5.22. The molecule has 0 atom stereocenters. The number of carbonyl (C=O) groups excluding carboxylic acids is 1. The first-order chi connectivity index (χ1) is 11.3. The van der Waals surface area contributed by atoms with Crippen molar-refractivity contribution in [1.29, 1.82) is 0 Å². The fourth-order valence-electron chi connectivity index (χ4n) is 2.08. The van der Waals surface area contributed by atoms with Crippen molar-refractivity contribution in [2.75, 3.05) is 13.7 Å². The number of aromatic nitrogens is 5. The van der Waals surface area contributed by atoms with Crippen LogP contribution in [0.5, 0.6) is 0 Å². The Morgan fingerprint density at radius 2 is 2.08 bits per heavy atom. The first-order valence-corrected chi connectivity index (χ1v) is 7.13. The van der Waals surface area contributed by atoms with E-state index >= 15 is 0 Å². The van der Waals surface area contributed by atoms with Gasteiger partial charge in [-0.3, -0.25) is 9.48 Å². The monoisotopic (exact) mass is 346 g/mol. The lowest BCUT2D eigenvalue weighted by atomic mass is 10.3. The van der Waals surface area contributed by atoms with Crippen molar-refractivity contribution in [1.82, 2.24) is 29.9 Å². The Bertz CT molecular complexity index is 722. The fraction of sp³-hybridized carbons (Fsp3) is 0.538. The molecule has 132 valence electrons. The van der Waals surface area contributed by atoms with Crippen LogP contribution in [0.15, 0.2) is 6.07 Å². The molecule has 2 heterocycles. The van der Waals surface area contributed by atoms with E-state index in [0.29, 0.717) is 6.42 Å². The molecule has 0 radical (unpaired) electrons. The van der Waals surface area contributed by atoms with Crippen LogP contribution in [-0.4, -0.2) is 49.2 Å². The average molecular weight is 346 g/mol. The predicted molar refractivity (Wildman–Crippen MR) is 76.7 cm³/mol. The Hall–Kier alpha value is -2.43.